The standard InChI is InChI=1S/C10H12N4O3/c11-9(15)8-7(6-2-1-3-6)10(17-13-8)14-12-4-5-16-14/h4-6,12H,1-3H2,(H2,11,15). The van der Waals surface area contributed by atoms with Gasteiger partial charge >= 0.3 is 0 Å². The minimum absolute atomic E-state index is 0.196. The third-order valence-electron chi connectivity index (χ3n) is 3.07. The smallest absolute Gasteiger partial charge is 0.286 e. The highest BCUT2D eigenvalue weighted by atomic mass is 16.7. The fourth-order valence-electron chi connectivity index (χ4n) is 2.00. The number of nitrogens with two attached hydrogens (primary N) is 1. The maximum Gasteiger partial charge on any atom is 0.286 e. The maximum absolute atomic E-state index is 11.3. The van der Waals surface area contributed by atoms with Gasteiger partial charge in [-0.25, -0.2) is 0 Å². The highest BCUT2D eigenvalue weighted by Crippen LogP contribution is 2.42. The van der Waals surface area contributed by atoms with Gasteiger partial charge in [-0.1, -0.05) is 16.7 Å². The fraction of sp³-hybridized carbons (Fsp3) is 0.400. The molecule has 0 bridgehead atoms. The average molecular weight is 236 g/mol. The second-order valence-corrected chi connectivity index (χ2v) is 4.07. The van der Waals surface area contributed by atoms with Crippen LogP contribution in [-0.4, -0.2) is 11.1 Å². The molecule has 90 valence electrons. The lowest BCUT2D eigenvalue weighted by atomic mass is 9.79. The van der Waals surface area contributed by atoms with Gasteiger partial charge < -0.3 is 15.1 Å². The molecule has 1 saturated carbocycles. The van der Waals surface area contributed by atoms with Crippen molar-refractivity contribution in [1.29, 1.82) is 0 Å². The summed E-state index contributed by atoms with van der Waals surface area (Å²) in [4.78, 5) is 16.4. The van der Waals surface area contributed by atoms with E-state index in [1.165, 1.54) is 11.4 Å². The Balaban J connectivity index is 1.99. The Labute approximate surface area is 97.1 Å². The quantitative estimate of drug-likeness (QED) is 0.805. The highest BCUT2D eigenvalue weighted by molar-refractivity contribution is 5.93. The summed E-state index contributed by atoms with van der Waals surface area (Å²) in [5, 5.41) is 5.05. The van der Waals surface area contributed by atoms with Crippen molar-refractivity contribution in [3.05, 3.63) is 23.7 Å². The molecule has 1 fully saturated rings. The first-order valence-corrected chi connectivity index (χ1v) is 5.45. The summed E-state index contributed by atoms with van der Waals surface area (Å²) in [6.07, 6.45) is 6.24. The fourth-order valence-corrected chi connectivity index (χ4v) is 2.00. The third kappa shape index (κ3) is 1.50. The molecule has 0 atom stereocenters. The number of nitrogens with zero attached hydrogens (tertiary/aromatic N) is 2. The van der Waals surface area contributed by atoms with Gasteiger partial charge in [-0.3, -0.25) is 10.2 Å². The molecule has 1 amide bonds. The van der Waals surface area contributed by atoms with Crippen molar-refractivity contribution < 1.29 is 14.2 Å². The topological polar surface area (TPSA) is 93.6 Å². The Hall–Kier alpha value is -2.18. The lowest BCUT2D eigenvalue weighted by molar-refractivity contribution is 0.0989. The Kier molecular flexibility index (Phi) is 2.17. The van der Waals surface area contributed by atoms with Crippen LogP contribution in [0.4, 0.5) is 5.88 Å². The molecule has 0 aromatic carbocycles. The maximum atomic E-state index is 11.3. The van der Waals surface area contributed by atoms with Crippen molar-refractivity contribution >= 4 is 11.8 Å². The molecular weight excluding hydrogens is 224 g/mol. The number of anilines is 1. The summed E-state index contributed by atoms with van der Waals surface area (Å²) in [5.41, 5.74) is 9.03. The van der Waals surface area contributed by atoms with Crippen molar-refractivity contribution in [3.63, 3.8) is 0 Å². The van der Waals surface area contributed by atoms with Gasteiger partial charge in [0.15, 0.2) is 5.69 Å². The molecule has 1 aromatic heterocycles. The highest BCUT2D eigenvalue weighted by Gasteiger charge is 2.34. The third-order valence-corrected chi connectivity index (χ3v) is 3.07. The van der Waals surface area contributed by atoms with Gasteiger partial charge in [-0.15, -0.1) is 0 Å². The number of carbonyl (C=O) groups excluding carboxylic acids is 1. The van der Waals surface area contributed by atoms with E-state index in [1.807, 2.05) is 0 Å². The van der Waals surface area contributed by atoms with E-state index in [4.69, 9.17) is 15.1 Å². The van der Waals surface area contributed by atoms with Crippen LogP contribution in [0.3, 0.4) is 0 Å². The zero-order valence-electron chi connectivity index (χ0n) is 9.05. The molecule has 17 heavy (non-hydrogen) atoms. The second kappa shape index (κ2) is 3.69. The van der Waals surface area contributed by atoms with Crippen LogP contribution in [0.1, 0.15) is 41.2 Å². The van der Waals surface area contributed by atoms with E-state index in [-0.39, 0.29) is 11.6 Å². The Morgan fingerprint density at radius 2 is 2.41 bits per heavy atom. The first kappa shape index (κ1) is 10.0. The number of nitrogens with one attached hydrogen (secondary N) is 1. The van der Waals surface area contributed by atoms with E-state index in [0.29, 0.717) is 5.88 Å². The molecule has 3 N–H and O–H groups in total. The average Bonchev–Trinajstić information content (AvgIpc) is 2.80. The molecule has 7 heteroatoms. The Morgan fingerprint density at radius 1 is 1.59 bits per heavy atom. The van der Waals surface area contributed by atoms with E-state index in [0.717, 1.165) is 24.8 Å². The first-order chi connectivity index (χ1) is 8.27. The summed E-state index contributed by atoms with van der Waals surface area (Å²) in [5.74, 6) is 0.0901. The number of primary amides is 1. The van der Waals surface area contributed by atoms with Gasteiger partial charge in [0.1, 0.15) is 6.26 Å². The molecular formula is C10H12N4O3. The summed E-state index contributed by atoms with van der Waals surface area (Å²) < 4.78 is 5.15. The molecule has 1 aromatic rings. The van der Waals surface area contributed by atoms with Crippen LogP contribution in [0.25, 0.3) is 0 Å². The number of amides is 1. The molecule has 1 aliphatic carbocycles. The van der Waals surface area contributed by atoms with Crippen LogP contribution < -0.4 is 16.3 Å². The Morgan fingerprint density at radius 3 is 2.94 bits per heavy atom. The molecule has 0 saturated heterocycles. The molecule has 0 radical (unpaired) electrons. The molecule has 3 rings (SSSR count). The van der Waals surface area contributed by atoms with Crippen LogP contribution in [0.2, 0.25) is 0 Å². The van der Waals surface area contributed by atoms with Crippen molar-refractivity contribution in [1.82, 2.24) is 10.6 Å². The summed E-state index contributed by atoms with van der Waals surface area (Å²) in [6, 6.07) is 0. The molecule has 1 aliphatic heterocycles. The van der Waals surface area contributed by atoms with Gasteiger partial charge in [-0.2, -0.15) is 0 Å². The van der Waals surface area contributed by atoms with Crippen LogP contribution in [-0.2, 0) is 4.84 Å². The molecule has 2 heterocycles. The number of aromatic nitrogens is 1. The molecule has 0 unspecified atom stereocenters. The number of hydrogen-bond donors (Lipinski definition) is 2. The van der Waals surface area contributed by atoms with Crippen molar-refractivity contribution in [2.75, 3.05) is 5.17 Å². The van der Waals surface area contributed by atoms with Gasteiger partial charge in [0.25, 0.3) is 11.8 Å². The second-order valence-electron chi connectivity index (χ2n) is 4.07. The van der Waals surface area contributed by atoms with Crippen LogP contribution in [0.5, 0.6) is 0 Å². The zero-order chi connectivity index (χ0) is 11.8. The van der Waals surface area contributed by atoms with E-state index >= 15 is 0 Å². The number of carbonyl (C=O) groups is 1. The van der Waals surface area contributed by atoms with E-state index in [1.54, 1.807) is 6.20 Å². The Bertz CT molecular complexity index is 470. The van der Waals surface area contributed by atoms with E-state index < -0.39 is 5.91 Å². The van der Waals surface area contributed by atoms with Gasteiger partial charge in [0.05, 0.1) is 11.8 Å². The molecule has 7 nitrogen and oxygen atoms in total. The SMILES string of the molecule is NC(=O)c1noc(N2NC=CO2)c1C1CCC1. The number of rotatable bonds is 3. The van der Waals surface area contributed by atoms with Crippen LogP contribution in [0, 0.1) is 0 Å². The predicted molar refractivity (Wildman–Crippen MR) is 57.5 cm³/mol. The largest absolute Gasteiger partial charge is 0.364 e. The van der Waals surface area contributed by atoms with Crippen molar-refractivity contribution in [3.8, 4) is 0 Å². The lowest BCUT2D eigenvalue weighted by Crippen LogP contribution is -2.29. The van der Waals surface area contributed by atoms with Gasteiger partial charge in [0.2, 0.25) is 0 Å². The molecule has 0 spiro atoms. The van der Waals surface area contributed by atoms with Gasteiger partial charge in [-0.05, 0) is 18.8 Å². The van der Waals surface area contributed by atoms with Crippen molar-refractivity contribution in [2.24, 2.45) is 5.73 Å². The summed E-state index contributed by atoms with van der Waals surface area (Å²) in [7, 11) is 0. The normalized spacial score (nSPS) is 18.7. The van der Waals surface area contributed by atoms with E-state index in [2.05, 4.69) is 10.6 Å². The number of hydrogen-bond acceptors (Lipinski definition) is 6. The predicted octanol–water partition coefficient (Wildman–Crippen LogP) is 0.768. The monoisotopic (exact) mass is 236 g/mol. The van der Waals surface area contributed by atoms with Crippen LogP contribution >= 0.6 is 0 Å². The van der Waals surface area contributed by atoms with Crippen molar-refractivity contribution in [2.45, 2.75) is 25.2 Å². The van der Waals surface area contributed by atoms with Crippen LogP contribution in [0.15, 0.2) is 17.0 Å². The lowest BCUT2D eigenvalue weighted by Gasteiger charge is -2.26. The zero-order valence-corrected chi connectivity index (χ0v) is 9.05. The summed E-state index contributed by atoms with van der Waals surface area (Å²) in [6.45, 7) is 0. The van der Waals surface area contributed by atoms with E-state index in [9.17, 15) is 4.79 Å². The minimum atomic E-state index is -0.575. The summed E-state index contributed by atoms with van der Waals surface area (Å²) >= 11 is 0. The first-order valence-electron chi connectivity index (χ1n) is 5.45. The molecule has 2 aliphatic rings. The number of hydrazine groups is 1. The minimum Gasteiger partial charge on any atom is -0.364 e. The van der Waals surface area contributed by atoms with Gasteiger partial charge in [0, 0.05) is 0 Å².